The maximum Gasteiger partial charge on any atom is 0.218 e. The number of hydrogen-bond acceptors (Lipinski definition) is 5. The van der Waals surface area contributed by atoms with Gasteiger partial charge in [0, 0.05) is 24.5 Å². The quantitative estimate of drug-likeness (QED) is 0.928. The molecule has 0 saturated heterocycles. The largest absolute Gasteiger partial charge is 0.481 e. The highest BCUT2D eigenvalue weighted by atomic mass is 35.5. The van der Waals surface area contributed by atoms with Crippen molar-refractivity contribution in [2.75, 3.05) is 12.4 Å². The van der Waals surface area contributed by atoms with Gasteiger partial charge in [0.25, 0.3) is 0 Å². The van der Waals surface area contributed by atoms with E-state index < -0.39 is 0 Å². The number of aromatic nitrogens is 2. The zero-order valence-corrected chi connectivity index (χ0v) is 11.0. The summed E-state index contributed by atoms with van der Waals surface area (Å²) in [5.41, 5.74) is 1.27. The summed E-state index contributed by atoms with van der Waals surface area (Å²) in [5, 5.41) is 12.3. The fourth-order valence-electron chi connectivity index (χ4n) is 1.57. The van der Waals surface area contributed by atoms with E-state index in [1.54, 1.807) is 19.4 Å². The second-order valence-corrected chi connectivity index (χ2v) is 4.04. The van der Waals surface area contributed by atoms with E-state index in [1.165, 1.54) is 6.20 Å². The molecule has 0 spiro atoms. The van der Waals surface area contributed by atoms with Crippen LogP contribution in [0.1, 0.15) is 11.1 Å². The van der Waals surface area contributed by atoms with Crippen molar-refractivity contribution >= 4 is 17.4 Å². The van der Waals surface area contributed by atoms with Gasteiger partial charge in [-0.3, -0.25) is 0 Å². The number of pyridine rings is 2. The van der Waals surface area contributed by atoms with Crippen LogP contribution in [0.15, 0.2) is 30.6 Å². The van der Waals surface area contributed by atoms with Crippen molar-refractivity contribution in [2.45, 2.75) is 6.54 Å². The summed E-state index contributed by atoms with van der Waals surface area (Å²) in [6, 6.07) is 7.28. The molecule has 0 saturated carbocycles. The number of halogens is 1. The van der Waals surface area contributed by atoms with Crippen molar-refractivity contribution in [1.82, 2.24) is 9.97 Å². The Morgan fingerprint density at radius 2 is 2.21 bits per heavy atom. The molecule has 2 aromatic rings. The molecule has 0 atom stereocenters. The van der Waals surface area contributed by atoms with Crippen LogP contribution in [0.4, 0.5) is 5.82 Å². The molecule has 0 aliphatic carbocycles. The van der Waals surface area contributed by atoms with Crippen LogP contribution < -0.4 is 10.1 Å². The van der Waals surface area contributed by atoms with Crippen LogP contribution in [0.5, 0.6) is 5.88 Å². The fourth-order valence-corrected chi connectivity index (χ4v) is 1.80. The van der Waals surface area contributed by atoms with E-state index in [-0.39, 0.29) is 0 Å². The van der Waals surface area contributed by atoms with Crippen molar-refractivity contribution in [3.05, 3.63) is 46.7 Å². The number of nitrogens with one attached hydrogen (secondary N) is 1. The van der Waals surface area contributed by atoms with Gasteiger partial charge < -0.3 is 10.1 Å². The monoisotopic (exact) mass is 274 g/mol. The van der Waals surface area contributed by atoms with Crippen LogP contribution in [0, 0.1) is 11.3 Å². The molecule has 19 heavy (non-hydrogen) atoms. The lowest BCUT2D eigenvalue weighted by atomic mass is 10.2. The zero-order valence-electron chi connectivity index (χ0n) is 10.2. The average Bonchev–Trinajstić information content (AvgIpc) is 2.46. The van der Waals surface area contributed by atoms with Gasteiger partial charge in [0.05, 0.1) is 12.7 Å². The van der Waals surface area contributed by atoms with Crippen LogP contribution in [0.2, 0.25) is 5.02 Å². The third-order valence-corrected chi connectivity index (χ3v) is 2.88. The summed E-state index contributed by atoms with van der Waals surface area (Å²) < 4.78 is 5.15. The van der Waals surface area contributed by atoms with E-state index >= 15 is 0 Å². The normalized spacial score (nSPS) is 9.74. The molecule has 0 bridgehead atoms. The van der Waals surface area contributed by atoms with Gasteiger partial charge in [0.1, 0.15) is 16.9 Å². The SMILES string of the molecule is COc1ncccc1CNc1nccc(C#N)c1Cl. The van der Waals surface area contributed by atoms with E-state index in [2.05, 4.69) is 15.3 Å². The maximum atomic E-state index is 8.89. The molecule has 96 valence electrons. The fraction of sp³-hybridized carbons (Fsp3) is 0.154. The van der Waals surface area contributed by atoms with Gasteiger partial charge in [0.2, 0.25) is 5.88 Å². The van der Waals surface area contributed by atoms with Crippen LogP contribution in [-0.2, 0) is 6.54 Å². The van der Waals surface area contributed by atoms with Gasteiger partial charge in [-0.1, -0.05) is 17.7 Å². The van der Waals surface area contributed by atoms with Gasteiger partial charge >= 0.3 is 0 Å². The molecule has 0 aliphatic heterocycles. The van der Waals surface area contributed by atoms with E-state index in [4.69, 9.17) is 21.6 Å². The van der Waals surface area contributed by atoms with Crippen molar-refractivity contribution < 1.29 is 4.74 Å². The number of nitriles is 1. The van der Waals surface area contributed by atoms with Gasteiger partial charge in [-0.2, -0.15) is 5.26 Å². The number of rotatable bonds is 4. The van der Waals surface area contributed by atoms with E-state index in [9.17, 15) is 0 Å². The lowest BCUT2D eigenvalue weighted by Gasteiger charge is -2.10. The van der Waals surface area contributed by atoms with Crippen molar-refractivity contribution in [1.29, 1.82) is 5.26 Å². The second-order valence-electron chi connectivity index (χ2n) is 3.66. The molecular formula is C13H11ClN4O. The first kappa shape index (κ1) is 13.1. The highest BCUT2D eigenvalue weighted by Gasteiger charge is 2.08. The molecule has 0 radical (unpaired) electrons. The van der Waals surface area contributed by atoms with Gasteiger partial charge in [-0.15, -0.1) is 0 Å². The second kappa shape index (κ2) is 6.03. The Morgan fingerprint density at radius 3 is 2.95 bits per heavy atom. The topological polar surface area (TPSA) is 70.8 Å². The molecule has 0 unspecified atom stereocenters. The van der Waals surface area contributed by atoms with Crippen molar-refractivity contribution in [2.24, 2.45) is 0 Å². The van der Waals surface area contributed by atoms with Crippen LogP contribution >= 0.6 is 11.6 Å². The lowest BCUT2D eigenvalue weighted by molar-refractivity contribution is 0.393. The van der Waals surface area contributed by atoms with E-state index in [1.807, 2.05) is 18.2 Å². The minimum Gasteiger partial charge on any atom is -0.481 e. The molecule has 0 fully saturated rings. The minimum absolute atomic E-state index is 0.313. The number of nitrogens with zero attached hydrogens (tertiary/aromatic N) is 3. The van der Waals surface area contributed by atoms with Crippen molar-refractivity contribution in [3.8, 4) is 11.9 Å². The summed E-state index contributed by atoms with van der Waals surface area (Å²) >= 11 is 6.05. The molecule has 6 heteroatoms. The third-order valence-electron chi connectivity index (χ3n) is 2.50. The van der Waals surface area contributed by atoms with E-state index in [0.29, 0.717) is 28.8 Å². The lowest BCUT2D eigenvalue weighted by Crippen LogP contribution is -2.05. The molecule has 0 aliphatic rings. The van der Waals surface area contributed by atoms with Crippen LogP contribution in [0.3, 0.4) is 0 Å². The first-order valence-corrected chi connectivity index (χ1v) is 5.90. The first-order valence-electron chi connectivity index (χ1n) is 5.52. The van der Waals surface area contributed by atoms with Gasteiger partial charge in [-0.05, 0) is 12.1 Å². The summed E-state index contributed by atoms with van der Waals surface area (Å²) in [6.07, 6.45) is 3.19. The molecule has 1 N–H and O–H groups in total. The Morgan fingerprint density at radius 1 is 1.37 bits per heavy atom. The van der Waals surface area contributed by atoms with Crippen LogP contribution in [0.25, 0.3) is 0 Å². The highest BCUT2D eigenvalue weighted by Crippen LogP contribution is 2.24. The standard InChI is InChI=1S/C13H11ClN4O/c1-19-13-10(3-2-5-17-13)8-18-12-11(14)9(7-15)4-6-16-12/h2-6H,8H2,1H3,(H,16,18). The number of anilines is 1. The molecule has 2 rings (SSSR count). The Balaban J connectivity index is 2.17. The smallest absolute Gasteiger partial charge is 0.218 e. The van der Waals surface area contributed by atoms with E-state index in [0.717, 1.165) is 5.56 Å². The molecular weight excluding hydrogens is 264 g/mol. The Labute approximate surface area is 115 Å². The summed E-state index contributed by atoms with van der Waals surface area (Å²) in [5.74, 6) is 1.01. The summed E-state index contributed by atoms with van der Waals surface area (Å²) in [6.45, 7) is 0.457. The molecule has 0 amide bonds. The zero-order chi connectivity index (χ0) is 13.7. The summed E-state index contributed by atoms with van der Waals surface area (Å²) in [7, 11) is 1.56. The number of methoxy groups -OCH3 is 1. The molecule has 5 nitrogen and oxygen atoms in total. The van der Waals surface area contributed by atoms with Crippen molar-refractivity contribution in [3.63, 3.8) is 0 Å². The van der Waals surface area contributed by atoms with Gasteiger partial charge in [0.15, 0.2) is 0 Å². The summed E-state index contributed by atoms with van der Waals surface area (Å²) in [4.78, 5) is 8.20. The predicted molar refractivity (Wildman–Crippen MR) is 72.1 cm³/mol. The predicted octanol–water partition coefficient (Wildman–Crippen LogP) is 2.62. The average molecular weight is 275 g/mol. The number of ether oxygens (including phenoxy) is 1. The molecule has 2 aromatic heterocycles. The Kier molecular flexibility index (Phi) is 4.16. The minimum atomic E-state index is 0.313. The number of hydrogen-bond donors (Lipinski definition) is 1. The maximum absolute atomic E-state index is 8.89. The first-order chi connectivity index (χ1) is 9.26. The third kappa shape index (κ3) is 2.92. The Bertz CT molecular complexity index is 624. The molecule has 2 heterocycles. The Hall–Kier alpha value is -2.32. The highest BCUT2D eigenvalue weighted by molar-refractivity contribution is 6.34. The van der Waals surface area contributed by atoms with Gasteiger partial charge in [-0.25, -0.2) is 9.97 Å². The van der Waals surface area contributed by atoms with Crippen LogP contribution in [-0.4, -0.2) is 17.1 Å². The molecule has 0 aromatic carbocycles.